The number of pyridine rings is 1. The molecule has 0 amide bonds. The fraction of sp³-hybridized carbons (Fsp3) is 0.215. The fourth-order valence-electron chi connectivity index (χ4n) is 13.3. The second-order valence-corrected chi connectivity index (χ2v) is 29.3. The van der Waals surface area contributed by atoms with E-state index in [9.17, 15) is 0 Å². The molecule has 11 aromatic carbocycles. The van der Waals surface area contributed by atoms with E-state index < -0.39 is 0 Å². The standard InChI is InChI=1S/C82H84N3.C6H6.C5H5N.Fe.N3/c1-79(2,3)65-53-67(71(57-37-21-13-22-38-57)58-39-23-14-24-40-58)75(68(54-65)72(59-41-25-15-26-42-59)60-43-27-16-28-44-60)83-78(85-77(81(7,8)9)82(10,11)12)84-76-69(73(61-45-29-17-30-46-61)62-47-31-18-32-48-62)55-66(80(4,5)6)56-70(76)74(63-49-33-19-34-50-63)64-51-35-20-36-52-64;2*1-2-4-6-5-3-1;;1-3-2/h13-56,71-74H,1-12H3;1-6H;1-5H;;/q-1;;;+2;-1. The summed E-state index contributed by atoms with van der Waals surface area (Å²) in [5, 5.41) is 6.31. The van der Waals surface area contributed by atoms with Crippen LogP contribution in [0.3, 0.4) is 0 Å². The van der Waals surface area contributed by atoms with Gasteiger partial charge in [0.2, 0.25) is 0 Å². The van der Waals surface area contributed by atoms with Gasteiger partial charge in [-0.05, 0) is 117 Å². The van der Waals surface area contributed by atoms with Crippen LogP contribution in [0.4, 0.5) is 11.4 Å². The number of guanidine groups is 1. The molecular weight excluding hydrogens is 1270 g/mol. The first-order valence-electron chi connectivity index (χ1n) is 34.7. The monoisotopic (exact) mass is 1370 g/mol. The molecule has 1 heterocycles. The number of hydrogen-bond acceptors (Lipinski definition) is 2. The Morgan fingerprint density at radius 1 is 0.327 bits per heavy atom. The molecule has 8 heteroatoms. The Morgan fingerprint density at radius 3 is 0.733 bits per heavy atom. The molecule has 12 aromatic rings. The van der Waals surface area contributed by atoms with E-state index >= 15 is 0 Å². The third-order valence-electron chi connectivity index (χ3n) is 17.7. The molecule has 0 radical (unpaired) electrons. The Hall–Kier alpha value is -10.5. The largest absolute Gasteiger partial charge is 2.00 e. The maximum absolute atomic E-state index is 6.75. The van der Waals surface area contributed by atoms with Crippen molar-refractivity contribution in [3.63, 3.8) is 0 Å². The summed E-state index contributed by atoms with van der Waals surface area (Å²) in [5.41, 5.74) is 31.2. The van der Waals surface area contributed by atoms with Crippen molar-refractivity contribution >= 4 is 23.0 Å². The Kier molecular flexibility index (Phi) is 27.2. The molecule has 0 fully saturated rings. The number of rotatable bonds is 14. The van der Waals surface area contributed by atoms with Gasteiger partial charge in [-0.1, -0.05) is 392 Å². The van der Waals surface area contributed by atoms with Gasteiger partial charge in [0.25, 0.3) is 0 Å². The van der Waals surface area contributed by atoms with E-state index in [-0.39, 0.29) is 62.4 Å². The van der Waals surface area contributed by atoms with Crippen LogP contribution in [0.25, 0.3) is 21.3 Å². The molecule has 0 saturated carbocycles. The third-order valence-corrected chi connectivity index (χ3v) is 17.7. The number of aromatic nitrogens is 1. The topological polar surface area (TPSA) is 110 Å². The molecular formula is C93H95FeN7. The molecule has 0 atom stereocenters. The first-order valence-corrected chi connectivity index (χ1v) is 34.7. The predicted molar refractivity (Wildman–Crippen MR) is 423 cm³/mol. The minimum absolute atomic E-state index is 0. The van der Waals surface area contributed by atoms with E-state index in [1.54, 1.807) is 12.4 Å². The van der Waals surface area contributed by atoms with Crippen molar-refractivity contribution in [2.45, 2.75) is 118 Å². The van der Waals surface area contributed by atoms with Crippen molar-refractivity contribution in [1.29, 1.82) is 0 Å². The van der Waals surface area contributed by atoms with Gasteiger partial charge in [-0.15, -0.1) is 0 Å². The molecule has 1 aromatic heterocycles. The molecule has 0 aliphatic rings. The maximum Gasteiger partial charge on any atom is 2.00 e. The first kappa shape index (κ1) is 76.3. The van der Waals surface area contributed by atoms with Gasteiger partial charge >= 0.3 is 17.1 Å². The molecule has 0 spiro atoms. The Bertz CT molecular complexity index is 4060. The minimum atomic E-state index is -0.376. The summed E-state index contributed by atoms with van der Waals surface area (Å²) < 4.78 is 0. The Balaban J connectivity index is 0.000000723. The average Bonchev–Trinajstić information content (AvgIpc) is 0.751. The van der Waals surface area contributed by atoms with Gasteiger partial charge in [-0.2, -0.15) is 0 Å². The zero-order valence-corrected chi connectivity index (χ0v) is 61.7. The molecule has 510 valence electrons. The van der Waals surface area contributed by atoms with Crippen LogP contribution in [0.1, 0.15) is 185 Å². The van der Waals surface area contributed by atoms with Crippen LogP contribution in [-0.4, -0.2) is 16.7 Å². The molecule has 7 nitrogen and oxygen atoms in total. The molecule has 0 saturated heterocycles. The molecule has 0 aliphatic heterocycles. The van der Waals surface area contributed by atoms with Crippen LogP contribution in [0.15, 0.2) is 344 Å². The molecule has 101 heavy (non-hydrogen) atoms. The van der Waals surface area contributed by atoms with Gasteiger partial charge < -0.3 is 26.4 Å². The van der Waals surface area contributed by atoms with E-state index in [0.29, 0.717) is 5.96 Å². The number of benzene rings is 11. The summed E-state index contributed by atoms with van der Waals surface area (Å²) in [6, 6.07) is 116. The van der Waals surface area contributed by atoms with Crippen molar-refractivity contribution in [1.82, 2.24) is 4.98 Å². The smallest absolute Gasteiger partial charge is 0.373 e. The summed E-state index contributed by atoms with van der Waals surface area (Å²) in [7, 11) is 0. The summed E-state index contributed by atoms with van der Waals surface area (Å²) in [6.07, 6.45) is 3.50. The van der Waals surface area contributed by atoms with Gasteiger partial charge in [0.05, 0.1) is 0 Å². The van der Waals surface area contributed by atoms with E-state index in [2.05, 4.69) is 355 Å². The van der Waals surface area contributed by atoms with Crippen LogP contribution >= 0.6 is 0 Å². The van der Waals surface area contributed by atoms with Gasteiger partial charge in [0.15, 0.2) is 0 Å². The van der Waals surface area contributed by atoms with Crippen LogP contribution < -0.4 is 0 Å². The Morgan fingerprint density at radius 2 is 0.535 bits per heavy atom. The van der Waals surface area contributed by atoms with E-state index in [1.807, 2.05) is 54.6 Å². The minimum Gasteiger partial charge on any atom is -0.373 e. The van der Waals surface area contributed by atoms with Crippen molar-refractivity contribution in [3.05, 3.63) is 433 Å². The zero-order valence-electron chi connectivity index (χ0n) is 60.5. The van der Waals surface area contributed by atoms with E-state index in [0.717, 1.165) is 39.3 Å². The van der Waals surface area contributed by atoms with Crippen LogP contribution in [-0.2, 0) is 27.9 Å². The van der Waals surface area contributed by atoms with Gasteiger partial charge in [-0.25, -0.2) is 0 Å². The number of hydrogen-bond donors (Lipinski definition) is 0. The molecule has 0 unspecified atom stereocenters. The summed E-state index contributed by atoms with van der Waals surface area (Å²) in [5.74, 6) is -0.480. The maximum atomic E-state index is 6.75. The normalized spacial score (nSPS) is 11.5. The van der Waals surface area contributed by atoms with Gasteiger partial charge in [0.1, 0.15) is 0 Å². The van der Waals surface area contributed by atoms with Crippen LogP contribution in [0, 0.1) is 10.8 Å². The van der Waals surface area contributed by atoms with E-state index in [4.69, 9.17) is 26.4 Å². The number of aliphatic imine (C=N–C) groups is 2. The zero-order chi connectivity index (χ0) is 71.1. The SMILES string of the molecule is CC(C)(C)C(=NC(=Nc1c(C(c2ccccc2)c2ccccc2)cc(C(C)(C)C)cc1C(c1ccccc1)c1ccccc1)[N-]c1c(C(c2ccccc2)c2ccccc2)cc(C(C)(C)C)cc1C(c1ccccc1)c1ccccc1)C(C)(C)C.[Fe+2].[N-]=[N+]=[N-].c1ccccc1.c1ccncc1. The second kappa shape index (κ2) is 36.0. The van der Waals surface area contributed by atoms with Gasteiger partial charge in [-0.3, -0.25) is 9.90 Å². The quantitative estimate of drug-likeness (QED) is 0.0202. The second-order valence-electron chi connectivity index (χ2n) is 29.3. The Labute approximate surface area is 612 Å². The fourth-order valence-corrected chi connectivity index (χ4v) is 13.3. The third kappa shape index (κ3) is 20.8. The van der Waals surface area contributed by atoms with Crippen LogP contribution in [0.5, 0.6) is 0 Å². The average molecular weight is 1370 g/mol. The van der Waals surface area contributed by atoms with Crippen molar-refractivity contribution < 1.29 is 17.1 Å². The molecule has 12 rings (SSSR count). The van der Waals surface area contributed by atoms with Crippen LogP contribution in [0.2, 0.25) is 0 Å². The van der Waals surface area contributed by atoms with Crippen molar-refractivity contribution in [2.75, 3.05) is 0 Å². The van der Waals surface area contributed by atoms with Crippen molar-refractivity contribution in [2.24, 2.45) is 20.8 Å². The summed E-state index contributed by atoms with van der Waals surface area (Å²) in [4.78, 5) is 17.6. The van der Waals surface area contributed by atoms with E-state index in [1.165, 1.54) is 60.5 Å². The molecule has 0 bridgehead atoms. The molecule has 0 N–H and O–H groups in total. The first-order chi connectivity index (χ1) is 48.1. The summed E-state index contributed by atoms with van der Waals surface area (Å²) in [6.45, 7) is 27.7. The number of nitrogens with zero attached hydrogens (tertiary/aromatic N) is 7. The van der Waals surface area contributed by atoms with Gasteiger partial charge in [0, 0.05) is 53.4 Å². The summed E-state index contributed by atoms with van der Waals surface area (Å²) >= 11 is 0. The molecule has 0 aliphatic carbocycles. The predicted octanol–water partition coefficient (Wildman–Crippen LogP) is 25.9. The van der Waals surface area contributed by atoms with Crippen molar-refractivity contribution in [3.8, 4) is 0 Å².